The van der Waals surface area contributed by atoms with Gasteiger partial charge < -0.3 is 4.90 Å². The molecule has 0 N–H and O–H groups in total. The van der Waals surface area contributed by atoms with E-state index in [-0.39, 0.29) is 5.91 Å². The first-order valence-electron chi connectivity index (χ1n) is 10.3. The van der Waals surface area contributed by atoms with Crippen molar-refractivity contribution in [1.29, 1.82) is 0 Å². The lowest BCUT2D eigenvalue weighted by atomic mass is 10.00. The van der Waals surface area contributed by atoms with Gasteiger partial charge in [-0.05, 0) is 42.5 Å². The van der Waals surface area contributed by atoms with Crippen LogP contribution in [0.2, 0.25) is 0 Å². The monoisotopic (exact) mass is 417 g/mol. The van der Waals surface area contributed by atoms with Crippen molar-refractivity contribution >= 4 is 23.2 Å². The van der Waals surface area contributed by atoms with Crippen molar-refractivity contribution < 1.29 is 4.79 Å². The first kappa shape index (κ1) is 19.1. The zero-order valence-electron chi connectivity index (χ0n) is 16.6. The third-order valence-electron chi connectivity index (χ3n) is 5.55. The number of nitrogens with zero attached hydrogens (tertiary/aromatic N) is 5. The highest BCUT2D eigenvalue weighted by molar-refractivity contribution is 7.99. The van der Waals surface area contributed by atoms with Crippen LogP contribution in [-0.2, 0) is 4.79 Å². The maximum absolute atomic E-state index is 12.8. The lowest BCUT2D eigenvalue weighted by Crippen LogP contribution is -2.35. The molecule has 0 radical (unpaired) electrons. The van der Waals surface area contributed by atoms with Crippen LogP contribution < -0.4 is 0 Å². The first-order chi connectivity index (χ1) is 14.8. The van der Waals surface area contributed by atoms with Crippen LogP contribution in [0.1, 0.15) is 30.9 Å². The van der Waals surface area contributed by atoms with Gasteiger partial charge >= 0.3 is 0 Å². The molecule has 5 rings (SSSR count). The van der Waals surface area contributed by atoms with E-state index in [1.54, 1.807) is 12.4 Å². The second-order valence-corrected chi connectivity index (χ2v) is 8.56. The number of hydrogen-bond acceptors (Lipinski definition) is 5. The standard InChI is InChI=1S/C23H23N5OS/c29-21(27-14-10-18(11-15-27)17-4-2-1-3-5-17)16-30-23-26-25-22(28(23)20-6-7-20)19-8-12-24-13-9-19/h1-5,8-10,12-13,20H,6-7,11,14-16H2. The Balaban J connectivity index is 1.24. The maximum Gasteiger partial charge on any atom is 0.233 e. The highest BCUT2D eigenvalue weighted by Gasteiger charge is 2.30. The summed E-state index contributed by atoms with van der Waals surface area (Å²) in [4.78, 5) is 18.8. The number of amides is 1. The lowest BCUT2D eigenvalue weighted by molar-refractivity contribution is -0.127. The van der Waals surface area contributed by atoms with Gasteiger partial charge in [-0.25, -0.2) is 0 Å². The summed E-state index contributed by atoms with van der Waals surface area (Å²) in [7, 11) is 0. The van der Waals surface area contributed by atoms with Gasteiger partial charge in [0.15, 0.2) is 11.0 Å². The minimum atomic E-state index is 0.152. The van der Waals surface area contributed by atoms with Crippen LogP contribution in [0.15, 0.2) is 66.1 Å². The lowest BCUT2D eigenvalue weighted by Gasteiger charge is -2.26. The Morgan fingerprint density at radius 1 is 1.03 bits per heavy atom. The molecule has 1 aliphatic heterocycles. The van der Waals surface area contributed by atoms with Gasteiger partial charge in [0.2, 0.25) is 5.91 Å². The average Bonchev–Trinajstić information content (AvgIpc) is 3.57. The highest BCUT2D eigenvalue weighted by atomic mass is 32.2. The molecular formula is C23H23N5OS. The number of carbonyl (C=O) groups excluding carboxylic acids is 1. The van der Waals surface area contributed by atoms with Crippen LogP contribution in [0.3, 0.4) is 0 Å². The molecule has 0 spiro atoms. The second kappa shape index (κ2) is 8.44. The van der Waals surface area contributed by atoms with E-state index in [1.807, 2.05) is 23.1 Å². The largest absolute Gasteiger partial charge is 0.338 e. The molecule has 30 heavy (non-hydrogen) atoms. The molecule has 1 aromatic carbocycles. The molecule has 6 nitrogen and oxygen atoms in total. The molecule has 7 heteroatoms. The average molecular weight is 418 g/mol. The quantitative estimate of drug-likeness (QED) is 0.566. The fourth-order valence-electron chi connectivity index (χ4n) is 3.76. The predicted octanol–water partition coefficient (Wildman–Crippen LogP) is 4.08. The zero-order valence-corrected chi connectivity index (χ0v) is 17.5. The van der Waals surface area contributed by atoms with Crippen molar-refractivity contribution in [3.05, 3.63) is 66.5 Å². The minimum absolute atomic E-state index is 0.152. The zero-order chi connectivity index (χ0) is 20.3. The fraction of sp³-hybridized carbons (Fsp3) is 0.304. The van der Waals surface area contributed by atoms with E-state index in [2.05, 4.69) is 50.1 Å². The van der Waals surface area contributed by atoms with E-state index in [1.165, 1.54) is 22.9 Å². The Morgan fingerprint density at radius 2 is 1.83 bits per heavy atom. The van der Waals surface area contributed by atoms with E-state index in [0.29, 0.717) is 18.3 Å². The molecule has 2 aliphatic rings. The molecule has 152 valence electrons. The second-order valence-electron chi connectivity index (χ2n) is 7.62. The Labute approximate surface area is 180 Å². The summed E-state index contributed by atoms with van der Waals surface area (Å²) in [5.74, 6) is 1.40. The Bertz CT molecular complexity index is 1060. The Kier molecular flexibility index (Phi) is 5.36. The molecule has 0 unspecified atom stereocenters. The summed E-state index contributed by atoms with van der Waals surface area (Å²) in [5, 5.41) is 9.64. The van der Waals surface area contributed by atoms with E-state index < -0.39 is 0 Å². The number of rotatable bonds is 6. The minimum Gasteiger partial charge on any atom is -0.338 e. The first-order valence-corrected chi connectivity index (χ1v) is 11.3. The van der Waals surface area contributed by atoms with E-state index in [4.69, 9.17) is 0 Å². The smallest absolute Gasteiger partial charge is 0.233 e. The van der Waals surface area contributed by atoms with E-state index >= 15 is 0 Å². The molecule has 1 amide bonds. The van der Waals surface area contributed by atoms with Gasteiger partial charge in [0.1, 0.15) is 0 Å². The normalized spacial score (nSPS) is 16.4. The van der Waals surface area contributed by atoms with Crippen molar-refractivity contribution in [3.63, 3.8) is 0 Å². The van der Waals surface area contributed by atoms with Gasteiger partial charge in [-0.15, -0.1) is 10.2 Å². The van der Waals surface area contributed by atoms with Gasteiger partial charge in [-0.2, -0.15) is 0 Å². The van der Waals surface area contributed by atoms with Gasteiger partial charge in [0.25, 0.3) is 0 Å². The highest BCUT2D eigenvalue weighted by Crippen LogP contribution is 2.41. The van der Waals surface area contributed by atoms with Crippen LogP contribution >= 0.6 is 11.8 Å². The van der Waals surface area contributed by atoms with Crippen LogP contribution in [0.25, 0.3) is 17.0 Å². The molecule has 3 heterocycles. The molecule has 1 aliphatic carbocycles. The molecule has 0 saturated heterocycles. The van der Waals surface area contributed by atoms with Gasteiger partial charge in [-0.1, -0.05) is 48.2 Å². The van der Waals surface area contributed by atoms with Gasteiger partial charge in [0, 0.05) is 37.1 Å². The third kappa shape index (κ3) is 4.03. The van der Waals surface area contributed by atoms with Crippen molar-refractivity contribution in [2.24, 2.45) is 0 Å². The molecule has 2 aromatic heterocycles. The van der Waals surface area contributed by atoms with Crippen LogP contribution in [0.4, 0.5) is 0 Å². The summed E-state index contributed by atoms with van der Waals surface area (Å²) in [6, 6.07) is 14.7. The maximum atomic E-state index is 12.8. The van der Waals surface area contributed by atoms with Crippen molar-refractivity contribution in [2.75, 3.05) is 18.8 Å². The number of pyridine rings is 1. The summed E-state index contributed by atoms with van der Waals surface area (Å²) >= 11 is 1.49. The molecule has 0 bridgehead atoms. The Hall–Kier alpha value is -2.93. The molecule has 1 fully saturated rings. The fourth-order valence-corrected chi connectivity index (χ4v) is 4.67. The van der Waals surface area contributed by atoms with Crippen molar-refractivity contribution in [2.45, 2.75) is 30.5 Å². The number of carbonyl (C=O) groups is 1. The number of hydrogen-bond donors (Lipinski definition) is 0. The van der Waals surface area contributed by atoms with Crippen molar-refractivity contribution in [1.82, 2.24) is 24.6 Å². The number of aromatic nitrogens is 4. The third-order valence-corrected chi connectivity index (χ3v) is 6.47. The van der Waals surface area contributed by atoms with Gasteiger partial charge in [-0.3, -0.25) is 14.3 Å². The van der Waals surface area contributed by atoms with E-state index in [0.717, 1.165) is 42.4 Å². The molecular weight excluding hydrogens is 394 g/mol. The van der Waals surface area contributed by atoms with Crippen LogP contribution in [-0.4, -0.2) is 49.4 Å². The summed E-state index contributed by atoms with van der Waals surface area (Å²) in [6.45, 7) is 1.43. The molecule has 0 atom stereocenters. The summed E-state index contributed by atoms with van der Waals surface area (Å²) in [5.41, 5.74) is 3.58. The van der Waals surface area contributed by atoms with Crippen molar-refractivity contribution in [3.8, 4) is 11.4 Å². The molecule has 3 aromatic rings. The predicted molar refractivity (Wildman–Crippen MR) is 118 cm³/mol. The van der Waals surface area contributed by atoms with E-state index in [9.17, 15) is 4.79 Å². The summed E-state index contributed by atoms with van der Waals surface area (Å²) in [6.07, 6.45) is 8.88. The summed E-state index contributed by atoms with van der Waals surface area (Å²) < 4.78 is 2.19. The van der Waals surface area contributed by atoms with Crippen LogP contribution in [0.5, 0.6) is 0 Å². The number of benzene rings is 1. The topological polar surface area (TPSA) is 63.9 Å². The Morgan fingerprint density at radius 3 is 2.53 bits per heavy atom. The number of thioether (sulfide) groups is 1. The van der Waals surface area contributed by atoms with Gasteiger partial charge in [0.05, 0.1) is 5.75 Å². The van der Waals surface area contributed by atoms with Crippen LogP contribution in [0, 0.1) is 0 Å². The molecule has 1 saturated carbocycles. The SMILES string of the molecule is O=C(CSc1nnc(-c2ccncc2)n1C1CC1)N1CC=C(c2ccccc2)CC1.